The number of rotatable bonds is 4. The van der Waals surface area contributed by atoms with Gasteiger partial charge in [-0.1, -0.05) is 37.0 Å². The average Bonchev–Trinajstić information content (AvgIpc) is 3.11. The zero-order valence-electron chi connectivity index (χ0n) is 15.7. The van der Waals surface area contributed by atoms with Crippen LogP contribution in [-0.4, -0.2) is 29.9 Å². The van der Waals surface area contributed by atoms with E-state index in [0.717, 1.165) is 15.6 Å². The number of hydrogen-bond donors (Lipinski definition) is 3. The monoisotopic (exact) mass is 447 g/mol. The first-order valence-corrected chi connectivity index (χ1v) is 9.51. The lowest BCUT2D eigenvalue weighted by molar-refractivity contribution is 0.457. The average molecular weight is 448 g/mol. The molecule has 1 aromatic carbocycles. The van der Waals surface area contributed by atoms with Crippen molar-refractivity contribution in [2.24, 2.45) is 0 Å². The summed E-state index contributed by atoms with van der Waals surface area (Å²) >= 11 is 12.7. The number of nitrogen functional groups attached to an aromatic ring is 1. The van der Waals surface area contributed by atoms with Gasteiger partial charge in [-0.3, -0.25) is 9.78 Å². The Morgan fingerprint density at radius 2 is 1.83 bits per heavy atom. The van der Waals surface area contributed by atoms with Gasteiger partial charge in [0.2, 0.25) is 11.7 Å². The van der Waals surface area contributed by atoms with E-state index >= 15 is 0 Å². The van der Waals surface area contributed by atoms with Crippen LogP contribution in [0.25, 0.3) is 16.7 Å². The number of ether oxygens (including phenoxy) is 1. The molecule has 0 saturated heterocycles. The van der Waals surface area contributed by atoms with Crippen molar-refractivity contribution in [2.45, 2.75) is 19.8 Å². The van der Waals surface area contributed by atoms with Crippen LogP contribution in [0.2, 0.25) is 10.0 Å². The van der Waals surface area contributed by atoms with E-state index in [1.807, 2.05) is 6.20 Å². The number of anilines is 1. The molecule has 0 amide bonds. The van der Waals surface area contributed by atoms with Crippen molar-refractivity contribution in [1.82, 2.24) is 29.9 Å². The molecule has 4 N–H and O–H groups in total. The summed E-state index contributed by atoms with van der Waals surface area (Å²) in [5.41, 5.74) is 5.81. The smallest absolute Gasteiger partial charge is 0.349 e. The van der Waals surface area contributed by atoms with Crippen LogP contribution in [0.1, 0.15) is 25.3 Å². The maximum atomic E-state index is 12.0. The molecule has 0 atom stereocenters. The lowest BCUT2D eigenvalue weighted by atomic mass is 10.0. The molecule has 0 radical (unpaired) electrons. The van der Waals surface area contributed by atoms with Gasteiger partial charge in [-0.05, 0) is 23.6 Å². The molecule has 0 aliphatic rings. The van der Waals surface area contributed by atoms with Gasteiger partial charge in [0.1, 0.15) is 0 Å². The molecule has 30 heavy (non-hydrogen) atoms. The lowest BCUT2D eigenvalue weighted by Crippen LogP contribution is -2.33. The lowest BCUT2D eigenvalue weighted by Gasteiger charge is -2.11. The zero-order chi connectivity index (χ0) is 21.6. The summed E-state index contributed by atoms with van der Waals surface area (Å²) in [6.45, 7) is 4.13. The van der Waals surface area contributed by atoms with Crippen molar-refractivity contribution < 1.29 is 4.74 Å². The SMILES string of the molecule is CC(C)c1c[nH]c2nnc(Oc3c(Cl)cc(-n4nc(N)c(=O)[nH]c4=O)cc3Cl)cc12. The van der Waals surface area contributed by atoms with E-state index in [1.165, 1.54) is 12.1 Å². The second kappa shape index (κ2) is 7.47. The van der Waals surface area contributed by atoms with Gasteiger partial charge in [0, 0.05) is 17.6 Å². The molecule has 154 valence electrons. The third kappa shape index (κ3) is 3.51. The van der Waals surface area contributed by atoms with E-state index in [-0.39, 0.29) is 39.1 Å². The Bertz CT molecular complexity index is 1370. The van der Waals surface area contributed by atoms with Crippen molar-refractivity contribution in [2.75, 3.05) is 5.73 Å². The minimum absolute atomic E-state index is 0.0935. The van der Waals surface area contributed by atoms with Gasteiger partial charge >= 0.3 is 5.69 Å². The summed E-state index contributed by atoms with van der Waals surface area (Å²) < 4.78 is 6.65. The fraction of sp³-hybridized carbons (Fsp3) is 0.167. The Morgan fingerprint density at radius 3 is 2.50 bits per heavy atom. The maximum Gasteiger partial charge on any atom is 0.349 e. The minimum atomic E-state index is -0.792. The molecule has 0 unspecified atom stereocenters. The van der Waals surface area contributed by atoms with E-state index in [1.54, 1.807) is 6.07 Å². The van der Waals surface area contributed by atoms with E-state index in [2.05, 4.69) is 39.1 Å². The van der Waals surface area contributed by atoms with Gasteiger partial charge in [0.15, 0.2) is 11.4 Å². The Morgan fingerprint density at radius 1 is 1.13 bits per heavy atom. The Kier molecular flexibility index (Phi) is 4.96. The van der Waals surface area contributed by atoms with Crippen LogP contribution in [0, 0.1) is 0 Å². The van der Waals surface area contributed by atoms with Crippen LogP contribution in [0.4, 0.5) is 5.82 Å². The van der Waals surface area contributed by atoms with Gasteiger partial charge < -0.3 is 15.5 Å². The van der Waals surface area contributed by atoms with Gasteiger partial charge in [0.05, 0.1) is 15.7 Å². The van der Waals surface area contributed by atoms with Crippen molar-refractivity contribution in [1.29, 1.82) is 0 Å². The van der Waals surface area contributed by atoms with Crippen molar-refractivity contribution in [3.05, 3.63) is 60.8 Å². The van der Waals surface area contributed by atoms with E-state index in [4.69, 9.17) is 33.7 Å². The maximum absolute atomic E-state index is 12.0. The molecule has 10 nitrogen and oxygen atoms in total. The highest BCUT2D eigenvalue weighted by molar-refractivity contribution is 6.37. The fourth-order valence-corrected chi connectivity index (χ4v) is 3.46. The first-order valence-electron chi connectivity index (χ1n) is 8.75. The molecule has 0 bridgehead atoms. The van der Waals surface area contributed by atoms with Crippen LogP contribution >= 0.6 is 23.2 Å². The predicted octanol–water partition coefficient (Wildman–Crippen LogP) is 3.00. The largest absolute Gasteiger partial charge is 0.434 e. The molecular weight excluding hydrogens is 433 g/mol. The number of fused-ring (bicyclic) bond motifs is 1. The highest BCUT2D eigenvalue weighted by Gasteiger charge is 2.16. The molecule has 4 aromatic rings. The Labute approximate surface area is 178 Å². The number of nitrogens with zero attached hydrogens (tertiary/aromatic N) is 4. The fourth-order valence-electron chi connectivity index (χ4n) is 2.91. The molecule has 0 fully saturated rings. The third-order valence-electron chi connectivity index (χ3n) is 4.36. The number of aromatic amines is 2. The van der Waals surface area contributed by atoms with Crippen molar-refractivity contribution in [3.8, 4) is 17.3 Å². The predicted molar refractivity (Wildman–Crippen MR) is 113 cm³/mol. The quantitative estimate of drug-likeness (QED) is 0.435. The molecule has 0 aliphatic carbocycles. The topological polar surface area (TPSA) is 145 Å². The van der Waals surface area contributed by atoms with E-state index in [0.29, 0.717) is 5.65 Å². The summed E-state index contributed by atoms with van der Waals surface area (Å²) in [6, 6.07) is 4.54. The molecule has 0 aliphatic heterocycles. The van der Waals surface area contributed by atoms with Gasteiger partial charge in [-0.2, -0.15) is 4.68 Å². The number of hydrogen-bond acceptors (Lipinski definition) is 7. The highest BCUT2D eigenvalue weighted by atomic mass is 35.5. The number of nitrogens with one attached hydrogen (secondary N) is 2. The number of H-pyrrole nitrogens is 2. The summed E-state index contributed by atoms with van der Waals surface area (Å²) in [7, 11) is 0. The summed E-state index contributed by atoms with van der Waals surface area (Å²) in [4.78, 5) is 28.6. The number of aromatic nitrogens is 6. The first-order chi connectivity index (χ1) is 14.2. The number of benzene rings is 1. The van der Waals surface area contributed by atoms with Crippen LogP contribution in [-0.2, 0) is 0 Å². The molecule has 3 heterocycles. The van der Waals surface area contributed by atoms with Crippen LogP contribution in [0.5, 0.6) is 11.6 Å². The number of halogens is 2. The molecule has 3 aromatic heterocycles. The third-order valence-corrected chi connectivity index (χ3v) is 4.92. The van der Waals surface area contributed by atoms with Crippen LogP contribution in [0.15, 0.2) is 34.0 Å². The van der Waals surface area contributed by atoms with E-state index in [9.17, 15) is 9.59 Å². The van der Waals surface area contributed by atoms with Gasteiger partial charge in [-0.25, -0.2) is 4.79 Å². The summed E-state index contributed by atoms with van der Waals surface area (Å²) in [5, 5.41) is 13.0. The second-order valence-corrected chi connectivity index (χ2v) is 7.55. The Balaban J connectivity index is 1.74. The molecule has 12 heteroatoms. The van der Waals surface area contributed by atoms with Crippen molar-refractivity contribution in [3.63, 3.8) is 0 Å². The van der Waals surface area contributed by atoms with Crippen molar-refractivity contribution >= 4 is 40.1 Å². The summed E-state index contributed by atoms with van der Waals surface area (Å²) in [6.07, 6.45) is 1.88. The van der Waals surface area contributed by atoms with E-state index < -0.39 is 11.2 Å². The minimum Gasteiger partial charge on any atom is -0.434 e. The molecular formula is C18H15Cl2N7O3. The molecule has 4 rings (SSSR count). The van der Waals surface area contributed by atoms with Gasteiger partial charge in [0.25, 0.3) is 5.56 Å². The standard InChI is InChI=1S/C18H15Cl2N7O3/c1-7(2)10-6-22-16-9(10)5-13(24-25-16)30-14-11(19)3-8(4-12(14)20)27-18(29)23-17(28)15(21)26-27/h3-7H,1-2H3,(H2,21,26)(H,22,25)(H,23,28,29). The van der Waals surface area contributed by atoms with Gasteiger partial charge in [-0.15, -0.1) is 15.3 Å². The first kappa shape index (κ1) is 19.9. The van der Waals surface area contributed by atoms with Crippen LogP contribution < -0.4 is 21.7 Å². The highest BCUT2D eigenvalue weighted by Crippen LogP contribution is 2.38. The zero-order valence-corrected chi connectivity index (χ0v) is 17.2. The molecule has 0 spiro atoms. The van der Waals surface area contributed by atoms with Crippen LogP contribution in [0.3, 0.4) is 0 Å². The normalized spacial score (nSPS) is 11.4. The summed E-state index contributed by atoms with van der Waals surface area (Å²) in [5.74, 6) is 0.225. The Hall–Kier alpha value is -3.37. The number of nitrogens with two attached hydrogens (primary N) is 1. The second-order valence-electron chi connectivity index (χ2n) is 6.74. The molecule has 0 saturated carbocycles.